The van der Waals surface area contributed by atoms with Crippen LogP contribution < -0.4 is 4.72 Å². The zero-order valence-electron chi connectivity index (χ0n) is 10.1. The highest BCUT2D eigenvalue weighted by atomic mass is 35.5. The Labute approximate surface area is 107 Å². The Morgan fingerprint density at radius 3 is 2.59 bits per heavy atom. The minimum absolute atomic E-state index is 0.0769. The van der Waals surface area contributed by atoms with Crippen molar-refractivity contribution in [2.75, 3.05) is 0 Å². The van der Waals surface area contributed by atoms with Crippen molar-refractivity contribution in [1.29, 1.82) is 0 Å². The van der Waals surface area contributed by atoms with Gasteiger partial charge in [-0.05, 0) is 24.5 Å². The molecule has 17 heavy (non-hydrogen) atoms. The third-order valence-electron chi connectivity index (χ3n) is 2.56. The van der Waals surface area contributed by atoms with Crippen LogP contribution >= 0.6 is 11.6 Å². The zero-order valence-corrected chi connectivity index (χ0v) is 11.7. The van der Waals surface area contributed by atoms with Crippen molar-refractivity contribution in [3.63, 3.8) is 0 Å². The maximum Gasteiger partial charge on any atom is 0.240 e. The first-order chi connectivity index (χ1) is 7.86. The largest absolute Gasteiger partial charge is 0.244 e. The summed E-state index contributed by atoms with van der Waals surface area (Å²) < 4.78 is 26.8. The van der Waals surface area contributed by atoms with Gasteiger partial charge in [-0.2, -0.15) is 0 Å². The summed E-state index contributed by atoms with van der Waals surface area (Å²) in [6, 6.07) is 2.70. The number of halogens is 1. The minimum Gasteiger partial charge on any atom is -0.244 e. The van der Waals surface area contributed by atoms with Crippen LogP contribution in [0, 0.1) is 5.92 Å². The van der Waals surface area contributed by atoms with Gasteiger partial charge in [0, 0.05) is 12.2 Å². The molecule has 0 fully saturated rings. The van der Waals surface area contributed by atoms with Gasteiger partial charge in [-0.3, -0.25) is 0 Å². The average molecular weight is 277 g/mol. The van der Waals surface area contributed by atoms with Crippen LogP contribution in [0.25, 0.3) is 0 Å². The van der Waals surface area contributed by atoms with E-state index < -0.39 is 10.0 Å². The molecule has 0 bridgehead atoms. The smallest absolute Gasteiger partial charge is 0.240 e. The summed E-state index contributed by atoms with van der Waals surface area (Å²) in [5, 5.41) is 0.172. The van der Waals surface area contributed by atoms with Gasteiger partial charge in [-0.1, -0.05) is 32.4 Å². The first kappa shape index (κ1) is 14.4. The SMILES string of the molecule is CCC(NS(=O)(=O)c1ccnc(Cl)c1)C(C)C. The van der Waals surface area contributed by atoms with E-state index in [4.69, 9.17) is 11.6 Å². The summed E-state index contributed by atoms with van der Waals surface area (Å²) in [7, 11) is -3.51. The lowest BCUT2D eigenvalue weighted by molar-refractivity contribution is 0.437. The Morgan fingerprint density at radius 1 is 1.47 bits per heavy atom. The van der Waals surface area contributed by atoms with Crippen LogP contribution in [-0.2, 0) is 10.0 Å². The summed E-state index contributed by atoms with van der Waals surface area (Å²) in [4.78, 5) is 3.91. The quantitative estimate of drug-likeness (QED) is 0.841. The van der Waals surface area contributed by atoms with Gasteiger partial charge in [-0.25, -0.2) is 18.1 Å². The minimum atomic E-state index is -3.51. The van der Waals surface area contributed by atoms with Crippen LogP contribution in [-0.4, -0.2) is 19.4 Å². The maximum absolute atomic E-state index is 12.1. The molecule has 96 valence electrons. The third kappa shape index (κ3) is 3.94. The van der Waals surface area contributed by atoms with Crippen LogP contribution in [0.2, 0.25) is 5.15 Å². The molecule has 0 radical (unpaired) electrons. The van der Waals surface area contributed by atoms with E-state index >= 15 is 0 Å². The van der Waals surface area contributed by atoms with Gasteiger partial charge in [0.2, 0.25) is 10.0 Å². The predicted molar refractivity (Wildman–Crippen MR) is 68.5 cm³/mol. The molecule has 0 aliphatic carbocycles. The van der Waals surface area contributed by atoms with Gasteiger partial charge < -0.3 is 0 Å². The topological polar surface area (TPSA) is 59.1 Å². The molecule has 1 unspecified atom stereocenters. The highest BCUT2D eigenvalue weighted by molar-refractivity contribution is 7.89. The summed E-state index contributed by atoms with van der Waals surface area (Å²) in [5.74, 6) is 0.243. The van der Waals surface area contributed by atoms with E-state index in [1.54, 1.807) is 0 Å². The van der Waals surface area contributed by atoms with E-state index in [1.807, 2.05) is 20.8 Å². The molecule has 1 aromatic rings. The number of aromatic nitrogens is 1. The summed E-state index contributed by atoms with van der Waals surface area (Å²) >= 11 is 5.68. The molecule has 0 saturated carbocycles. The van der Waals surface area contributed by atoms with E-state index in [1.165, 1.54) is 18.3 Å². The molecule has 1 rings (SSSR count). The highest BCUT2D eigenvalue weighted by Crippen LogP contribution is 2.15. The Kier molecular flexibility index (Phi) is 4.91. The number of pyridine rings is 1. The van der Waals surface area contributed by atoms with Crippen molar-refractivity contribution >= 4 is 21.6 Å². The molecule has 0 aliphatic rings. The molecule has 0 aliphatic heterocycles. The maximum atomic E-state index is 12.1. The molecule has 1 aromatic heterocycles. The van der Waals surface area contributed by atoms with E-state index in [-0.39, 0.29) is 22.0 Å². The van der Waals surface area contributed by atoms with E-state index in [2.05, 4.69) is 9.71 Å². The molecule has 4 nitrogen and oxygen atoms in total. The zero-order chi connectivity index (χ0) is 13.1. The number of nitrogens with zero attached hydrogens (tertiary/aromatic N) is 1. The fourth-order valence-corrected chi connectivity index (χ4v) is 3.23. The normalized spacial score (nSPS) is 13.9. The van der Waals surface area contributed by atoms with Gasteiger partial charge in [0.15, 0.2) is 0 Å². The van der Waals surface area contributed by atoms with Crippen molar-refractivity contribution < 1.29 is 8.42 Å². The summed E-state index contributed by atoms with van der Waals surface area (Å²) in [6.45, 7) is 5.92. The van der Waals surface area contributed by atoms with Gasteiger partial charge in [0.05, 0.1) is 4.90 Å². The molecular formula is C11H17ClN2O2S. The fraction of sp³-hybridized carbons (Fsp3) is 0.545. The number of hydrogen-bond donors (Lipinski definition) is 1. The van der Waals surface area contributed by atoms with Crippen LogP contribution in [0.5, 0.6) is 0 Å². The molecule has 1 atom stereocenters. The number of hydrogen-bond acceptors (Lipinski definition) is 3. The standard InChI is InChI=1S/C11H17ClN2O2S/c1-4-10(8(2)3)14-17(15,16)9-5-6-13-11(12)7-9/h5-8,10,14H,4H2,1-3H3. The second-order valence-corrected chi connectivity index (χ2v) is 6.30. The average Bonchev–Trinajstić information content (AvgIpc) is 2.25. The Morgan fingerprint density at radius 2 is 2.12 bits per heavy atom. The Balaban J connectivity index is 2.96. The summed E-state index contributed by atoms with van der Waals surface area (Å²) in [6.07, 6.45) is 2.13. The van der Waals surface area contributed by atoms with Gasteiger partial charge in [0.25, 0.3) is 0 Å². The lowest BCUT2D eigenvalue weighted by Crippen LogP contribution is -2.37. The first-order valence-electron chi connectivity index (χ1n) is 5.50. The van der Waals surface area contributed by atoms with Crippen LogP contribution in [0.15, 0.2) is 23.2 Å². The third-order valence-corrected chi connectivity index (χ3v) is 4.25. The number of sulfonamides is 1. The molecule has 1 heterocycles. The lowest BCUT2D eigenvalue weighted by Gasteiger charge is -2.20. The predicted octanol–water partition coefficient (Wildman–Crippen LogP) is 2.45. The molecule has 1 N–H and O–H groups in total. The Hall–Kier alpha value is -0.650. The molecule has 0 aromatic carbocycles. The van der Waals surface area contributed by atoms with Gasteiger partial charge in [0.1, 0.15) is 5.15 Å². The molecule has 0 spiro atoms. The van der Waals surface area contributed by atoms with E-state index in [0.29, 0.717) is 0 Å². The van der Waals surface area contributed by atoms with E-state index in [0.717, 1.165) is 6.42 Å². The lowest BCUT2D eigenvalue weighted by atomic mass is 10.0. The molecule has 6 heteroatoms. The monoisotopic (exact) mass is 276 g/mol. The van der Waals surface area contributed by atoms with Crippen LogP contribution in [0.3, 0.4) is 0 Å². The molecular weight excluding hydrogens is 260 g/mol. The number of nitrogens with one attached hydrogen (secondary N) is 1. The van der Waals surface area contributed by atoms with Gasteiger partial charge >= 0.3 is 0 Å². The van der Waals surface area contributed by atoms with Gasteiger partial charge in [-0.15, -0.1) is 0 Å². The van der Waals surface area contributed by atoms with Crippen molar-refractivity contribution in [2.24, 2.45) is 5.92 Å². The van der Waals surface area contributed by atoms with Crippen LogP contribution in [0.4, 0.5) is 0 Å². The second-order valence-electron chi connectivity index (χ2n) is 4.19. The summed E-state index contributed by atoms with van der Waals surface area (Å²) in [5.41, 5.74) is 0. The Bertz CT molecular complexity index is 474. The number of rotatable bonds is 5. The van der Waals surface area contributed by atoms with Crippen LogP contribution in [0.1, 0.15) is 27.2 Å². The molecule has 0 saturated heterocycles. The van der Waals surface area contributed by atoms with Crippen molar-refractivity contribution in [3.05, 3.63) is 23.5 Å². The van der Waals surface area contributed by atoms with Crippen molar-refractivity contribution in [3.8, 4) is 0 Å². The van der Waals surface area contributed by atoms with Crippen molar-refractivity contribution in [1.82, 2.24) is 9.71 Å². The molecule has 0 amide bonds. The second kappa shape index (κ2) is 5.80. The highest BCUT2D eigenvalue weighted by Gasteiger charge is 2.21. The van der Waals surface area contributed by atoms with E-state index in [9.17, 15) is 8.42 Å². The fourth-order valence-electron chi connectivity index (χ4n) is 1.51. The van der Waals surface area contributed by atoms with Crippen molar-refractivity contribution in [2.45, 2.75) is 38.1 Å². The first-order valence-corrected chi connectivity index (χ1v) is 7.36.